The molecule has 1 aromatic heterocycles. The maximum atomic E-state index is 12.4. The lowest BCUT2D eigenvalue weighted by Crippen LogP contribution is -2.68. The third-order valence-corrected chi connectivity index (χ3v) is 3.97. The third-order valence-electron chi connectivity index (χ3n) is 3.30. The third kappa shape index (κ3) is 3.62. The monoisotopic (exact) mass is 355 g/mol. The van der Waals surface area contributed by atoms with E-state index in [-0.39, 0.29) is 28.5 Å². The summed E-state index contributed by atoms with van der Waals surface area (Å²) >= 11 is 1.08. The molecule has 24 heavy (non-hydrogen) atoms. The first kappa shape index (κ1) is 17.7. The number of thiazole rings is 1. The van der Waals surface area contributed by atoms with Gasteiger partial charge in [-0.15, -0.1) is 11.3 Å². The molecular formula is C13H17N5O5S. The van der Waals surface area contributed by atoms with Gasteiger partial charge in [0.05, 0.1) is 6.04 Å². The standard InChI is InChI=1S/C13H17N5O5S/c1-5-7(9(19)15-5)17-10(20)8(6-4-24-12(14)16-6)18-23-13(2,3)11(21)22/h4-5,7H,1-3H3,(H2,14,16)(H,15,19)(H,17,20)(H,21,22). The van der Waals surface area contributed by atoms with Crippen LogP contribution in [-0.4, -0.2) is 51.3 Å². The number of carboxylic acid groups (broad SMARTS) is 1. The van der Waals surface area contributed by atoms with Crippen LogP contribution in [0.5, 0.6) is 0 Å². The van der Waals surface area contributed by atoms with Crippen LogP contribution < -0.4 is 16.4 Å². The first-order valence-corrected chi connectivity index (χ1v) is 7.82. The van der Waals surface area contributed by atoms with Crippen molar-refractivity contribution in [2.45, 2.75) is 38.5 Å². The second-order valence-electron chi connectivity index (χ2n) is 5.67. The van der Waals surface area contributed by atoms with Crippen LogP contribution in [0.15, 0.2) is 10.5 Å². The van der Waals surface area contributed by atoms with Gasteiger partial charge in [0.1, 0.15) is 11.7 Å². The van der Waals surface area contributed by atoms with Crippen LogP contribution in [0.3, 0.4) is 0 Å². The lowest BCUT2D eigenvalue weighted by atomic mass is 10.0. The van der Waals surface area contributed by atoms with Gasteiger partial charge >= 0.3 is 5.97 Å². The molecule has 1 aliphatic heterocycles. The number of aromatic nitrogens is 1. The minimum absolute atomic E-state index is 0.128. The van der Waals surface area contributed by atoms with E-state index in [9.17, 15) is 14.4 Å². The number of carbonyl (C=O) groups excluding carboxylic acids is 2. The van der Waals surface area contributed by atoms with Crippen LogP contribution in [0.4, 0.5) is 5.13 Å². The SMILES string of the molecule is CC1NC(=O)C1NC(=O)C(=NOC(C)(C)C(=O)O)c1csc(N)n1. The summed E-state index contributed by atoms with van der Waals surface area (Å²) in [5.41, 5.74) is 3.77. The summed E-state index contributed by atoms with van der Waals surface area (Å²) in [7, 11) is 0. The number of rotatable bonds is 6. The van der Waals surface area contributed by atoms with Gasteiger partial charge in [-0.25, -0.2) is 9.78 Å². The molecule has 2 rings (SSSR count). The highest BCUT2D eigenvalue weighted by atomic mass is 32.1. The Morgan fingerprint density at radius 2 is 2.21 bits per heavy atom. The van der Waals surface area contributed by atoms with Gasteiger partial charge < -0.3 is 26.3 Å². The maximum absolute atomic E-state index is 12.4. The zero-order valence-corrected chi connectivity index (χ0v) is 14.0. The van der Waals surface area contributed by atoms with Crippen LogP contribution in [0, 0.1) is 0 Å². The molecule has 0 radical (unpaired) electrons. The fraction of sp³-hybridized carbons (Fsp3) is 0.462. The fourth-order valence-electron chi connectivity index (χ4n) is 1.73. The second-order valence-corrected chi connectivity index (χ2v) is 6.56. The summed E-state index contributed by atoms with van der Waals surface area (Å²) in [5.74, 6) is -2.29. The highest BCUT2D eigenvalue weighted by molar-refractivity contribution is 7.13. The maximum Gasteiger partial charge on any atom is 0.350 e. The normalized spacial score (nSPS) is 20.8. The molecule has 130 valence electrons. The number of nitrogens with zero attached hydrogens (tertiary/aromatic N) is 2. The lowest BCUT2D eigenvalue weighted by Gasteiger charge is -2.34. The van der Waals surface area contributed by atoms with Gasteiger partial charge in [-0.1, -0.05) is 5.16 Å². The minimum atomic E-state index is -1.64. The number of carbonyl (C=O) groups is 3. The van der Waals surface area contributed by atoms with E-state index in [1.54, 1.807) is 6.92 Å². The quantitative estimate of drug-likeness (QED) is 0.299. The van der Waals surface area contributed by atoms with Crippen molar-refractivity contribution >= 4 is 40.0 Å². The van der Waals surface area contributed by atoms with Crippen LogP contribution in [-0.2, 0) is 19.2 Å². The Morgan fingerprint density at radius 3 is 2.67 bits per heavy atom. The van der Waals surface area contributed by atoms with Gasteiger partial charge in [-0.2, -0.15) is 0 Å². The summed E-state index contributed by atoms with van der Waals surface area (Å²) in [4.78, 5) is 43.8. The van der Waals surface area contributed by atoms with Gasteiger partial charge in [0.25, 0.3) is 5.91 Å². The molecule has 2 atom stereocenters. The van der Waals surface area contributed by atoms with Crippen molar-refractivity contribution in [2.75, 3.05) is 5.73 Å². The number of nitrogens with two attached hydrogens (primary N) is 1. The molecule has 0 bridgehead atoms. The largest absolute Gasteiger partial charge is 0.478 e. The molecule has 1 aliphatic rings. The molecule has 1 aromatic rings. The number of anilines is 1. The van der Waals surface area contributed by atoms with Gasteiger partial charge in [0, 0.05) is 5.38 Å². The van der Waals surface area contributed by atoms with Crippen LogP contribution in [0.1, 0.15) is 26.5 Å². The summed E-state index contributed by atoms with van der Waals surface area (Å²) in [5, 5.41) is 19.5. The van der Waals surface area contributed by atoms with Crippen molar-refractivity contribution in [3.05, 3.63) is 11.1 Å². The summed E-state index contributed by atoms with van der Waals surface area (Å²) in [6.45, 7) is 4.30. The smallest absolute Gasteiger partial charge is 0.350 e. The molecule has 10 nitrogen and oxygen atoms in total. The molecule has 11 heteroatoms. The molecule has 1 fully saturated rings. The number of carboxylic acids is 1. The van der Waals surface area contributed by atoms with Crippen molar-refractivity contribution in [1.29, 1.82) is 0 Å². The Hall–Kier alpha value is -2.69. The number of hydrogen-bond acceptors (Lipinski definition) is 8. The fourth-order valence-corrected chi connectivity index (χ4v) is 2.28. The molecule has 0 spiro atoms. The van der Waals surface area contributed by atoms with Gasteiger partial charge in [-0.05, 0) is 20.8 Å². The van der Waals surface area contributed by atoms with E-state index in [0.717, 1.165) is 11.3 Å². The number of amides is 2. The topological polar surface area (TPSA) is 156 Å². The molecule has 1 saturated heterocycles. The molecule has 2 heterocycles. The van der Waals surface area contributed by atoms with E-state index >= 15 is 0 Å². The molecule has 0 aliphatic carbocycles. The molecular weight excluding hydrogens is 338 g/mol. The molecule has 5 N–H and O–H groups in total. The second kappa shape index (κ2) is 6.43. The van der Waals surface area contributed by atoms with E-state index in [4.69, 9.17) is 15.7 Å². The Bertz CT molecular complexity index is 713. The number of β-lactam (4-membered cyclic amide) rings is 1. The summed E-state index contributed by atoms with van der Waals surface area (Å²) < 4.78 is 0. The van der Waals surface area contributed by atoms with E-state index < -0.39 is 23.5 Å². The average molecular weight is 355 g/mol. The van der Waals surface area contributed by atoms with Crippen molar-refractivity contribution in [1.82, 2.24) is 15.6 Å². The Morgan fingerprint density at radius 1 is 1.54 bits per heavy atom. The predicted octanol–water partition coefficient (Wildman–Crippen LogP) is -0.688. The minimum Gasteiger partial charge on any atom is -0.478 e. The Kier molecular flexibility index (Phi) is 4.73. The first-order chi connectivity index (χ1) is 11.1. The average Bonchev–Trinajstić information content (AvgIpc) is 2.91. The molecule has 0 aromatic carbocycles. The highest BCUT2D eigenvalue weighted by Crippen LogP contribution is 2.15. The number of hydrogen-bond donors (Lipinski definition) is 4. The van der Waals surface area contributed by atoms with Crippen LogP contribution in [0.25, 0.3) is 0 Å². The number of oxime groups is 1. The number of aliphatic carboxylic acids is 1. The number of nitrogen functional groups attached to an aromatic ring is 1. The first-order valence-electron chi connectivity index (χ1n) is 6.94. The number of nitrogens with one attached hydrogen (secondary N) is 2. The van der Waals surface area contributed by atoms with E-state index in [0.29, 0.717) is 0 Å². The lowest BCUT2D eigenvalue weighted by molar-refractivity contribution is -0.161. The Labute approximate surface area is 141 Å². The zero-order valence-electron chi connectivity index (χ0n) is 13.2. The molecule has 2 amide bonds. The van der Waals surface area contributed by atoms with Crippen molar-refractivity contribution in [2.24, 2.45) is 5.16 Å². The molecule has 2 unspecified atom stereocenters. The van der Waals surface area contributed by atoms with Crippen molar-refractivity contribution < 1.29 is 24.3 Å². The van der Waals surface area contributed by atoms with E-state index in [1.807, 2.05) is 0 Å². The Balaban J connectivity index is 2.24. The van der Waals surface area contributed by atoms with Crippen LogP contribution >= 0.6 is 11.3 Å². The van der Waals surface area contributed by atoms with Gasteiger partial charge in [-0.3, -0.25) is 9.59 Å². The van der Waals surface area contributed by atoms with Gasteiger partial charge in [0.15, 0.2) is 10.8 Å². The van der Waals surface area contributed by atoms with Crippen LogP contribution in [0.2, 0.25) is 0 Å². The van der Waals surface area contributed by atoms with Gasteiger partial charge in [0.2, 0.25) is 11.5 Å². The van der Waals surface area contributed by atoms with Crippen molar-refractivity contribution in [3.63, 3.8) is 0 Å². The predicted molar refractivity (Wildman–Crippen MR) is 85.4 cm³/mol. The van der Waals surface area contributed by atoms with E-state index in [2.05, 4.69) is 20.8 Å². The molecule has 0 saturated carbocycles. The highest BCUT2D eigenvalue weighted by Gasteiger charge is 2.38. The summed E-state index contributed by atoms with van der Waals surface area (Å²) in [6, 6.07) is -0.925. The zero-order chi connectivity index (χ0) is 18.1. The van der Waals surface area contributed by atoms with E-state index in [1.165, 1.54) is 19.2 Å². The van der Waals surface area contributed by atoms with Crippen molar-refractivity contribution in [3.8, 4) is 0 Å². The summed E-state index contributed by atoms with van der Waals surface area (Å²) in [6.07, 6.45) is 0.